The lowest BCUT2D eigenvalue weighted by molar-refractivity contribution is -0.147. The number of hydrogen-bond acceptors (Lipinski definition) is 5. The van der Waals surface area contributed by atoms with Gasteiger partial charge in [-0.1, -0.05) is 63.3 Å². The molecule has 0 aliphatic rings. The molecule has 0 saturated carbocycles. The van der Waals surface area contributed by atoms with Crippen LogP contribution in [0.5, 0.6) is 0 Å². The smallest absolute Gasteiger partial charge is 0.302 e. The van der Waals surface area contributed by atoms with Crippen molar-refractivity contribution in [3.63, 3.8) is 0 Å². The highest BCUT2D eigenvalue weighted by atomic mass is 28.4. The molecule has 0 saturated heterocycles. The standard InChI is InChI=1S/C26H44O5Si/c1-21(31-32(7,8)25(3,4)5)19-24(30-22(2)27)15-12-16-26(6,28)17-18-29-20-23-13-10-9-11-14-23/h9-14,16,21,24,28H,15,17-20H2,1-8H3/b16-12-/t21-,24+,26-/m1/s1. The zero-order valence-electron chi connectivity index (χ0n) is 21.3. The van der Waals surface area contributed by atoms with E-state index in [1.165, 1.54) is 6.92 Å². The summed E-state index contributed by atoms with van der Waals surface area (Å²) in [6, 6.07) is 9.97. The molecule has 0 spiro atoms. The van der Waals surface area contributed by atoms with Gasteiger partial charge in [-0.25, -0.2) is 0 Å². The fourth-order valence-corrected chi connectivity index (χ4v) is 4.58. The van der Waals surface area contributed by atoms with Crippen LogP contribution >= 0.6 is 0 Å². The summed E-state index contributed by atoms with van der Waals surface area (Å²) in [5.41, 5.74) is 0.127. The van der Waals surface area contributed by atoms with Gasteiger partial charge in [-0.05, 0) is 37.5 Å². The Morgan fingerprint density at radius 1 is 1.16 bits per heavy atom. The predicted molar refractivity (Wildman–Crippen MR) is 133 cm³/mol. The van der Waals surface area contributed by atoms with Crippen LogP contribution in [0.3, 0.4) is 0 Å². The van der Waals surface area contributed by atoms with Gasteiger partial charge in [0.1, 0.15) is 6.10 Å². The normalized spacial score (nSPS) is 16.5. The van der Waals surface area contributed by atoms with Gasteiger partial charge in [0.25, 0.3) is 0 Å². The van der Waals surface area contributed by atoms with Gasteiger partial charge in [0, 0.05) is 32.3 Å². The highest BCUT2D eigenvalue weighted by Crippen LogP contribution is 2.37. The van der Waals surface area contributed by atoms with Crippen LogP contribution in [0.25, 0.3) is 0 Å². The van der Waals surface area contributed by atoms with Crippen LogP contribution in [0.2, 0.25) is 18.1 Å². The fraction of sp³-hybridized carbons (Fsp3) is 0.654. The molecule has 32 heavy (non-hydrogen) atoms. The predicted octanol–water partition coefficient (Wildman–Crippen LogP) is 6.02. The molecule has 0 aromatic heterocycles. The third-order valence-corrected chi connectivity index (χ3v) is 10.6. The Morgan fingerprint density at radius 2 is 1.78 bits per heavy atom. The molecule has 1 aromatic carbocycles. The average Bonchev–Trinajstić information content (AvgIpc) is 2.64. The zero-order chi connectivity index (χ0) is 24.4. The van der Waals surface area contributed by atoms with E-state index in [0.29, 0.717) is 32.5 Å². The van der Waals surface area contributed by atoms with Crippen molar-refractivity contribution in [2.75, 3.05) is 6.61 Å². The molecular formula is C26H44O5Si. The molecule has 1 N–H and O–H groups in total. The van der Waals surface area contributed by atoms with Gasteiger partial charge in [0.15, 0.2) is 8.32 Å². The van der Waals surface area contributed by atoms with Crippen LogP contribution in [0.15, 0.2) is 42.5 Å². The number of benzene rings is 1. The highest BCUT2D eigenvalue weighted by Gasteiger charge is 2.38. The Morgan fingerprint density at radius 3 is 2.34 bits per heavy atom. The fourth-order valence-electron chi connectivity index (χ4n) is 3.13. The third-order valence-electron chi connectivity index (χ3n) is 5.97. The molecule has 0 aliphatic heterocycles. The summed E-state index contributed by atoms with van der Waals surface area (Å²) in [6.07, 6.45) is 5.01. The summed E-state index contributed by atoms with van der Waals surface area (Å²) in [5, 5.41) is 10.8. The van der Waals surface area contributed by atoms with Gasteiger partial charge in [-0.2, -0.15) is 0 Å². The van der Waals surface area contributed by atoms with Crippen LogP contribution in [0, 0.1) is 0 Å². The highest BCUT2D eigenvalue weighted by molar-refractivity contribution is 6.74. The first kappa shape index (κ1) is 28.6. The lowest BCUT2D eigenvalue weighted by Gasteiger charge is -2.39. The van der Waals surface area contributed by atoms with Crippen LogP contribution in [-0.4, -0.2) is 43.8 Å². The molecule has 5 nitrogen and oxygen atoms in total. The number of ether oxygens (including phenoxy) is 2. The third kappa shape index (κ3) is 11.4. The van der Waals surface area contributed by atoms with Crippen molar-refractivity contribution in [3.05, 3.63) is 48.0 Å². The van der Waals surface area contributed by atoms with Gasteiger partial charge in [-0.15, -0.1) is 0 Å². The summed E-state index contributed by atoms with van der Waals surface area (Å²) in [4.78, 5) is 11.6. The van der Waals surface area contributed by atoms with Crippen molar-refractivity contribution in [3.8, 4) is 0 Å². The molecule has 1 aromatic rings. The Hall–Kier alpha value is -1.47. The van der Waals surface area contributed by atoms with Crippen LogP contribution in [-0.2, 0) is 25.3 Å². The number of carbonyl (C=O) groups is 1. The van der Waals surface area contributed by atoms with Crippen molar-refractivity contribution >= 4 is 14.3 Å². The maximum Gasteiger partial charge on any atom is 0.302 e. The maximum absolute atomic E-state index is 11.6. The SMILES string of the molecule is CC(=O)O[C@@H](C/C=C\[C@@](C)(O)CCOCc1ccccc1)C[C@@H](C)O[Si](C)(C)C(C)(C)C. The summed E-state index contributed by atoms with van der Waals surface area (Å²) < 4.78 is 17.6. The first-order chi connectivity index (χ1) is 14.7. The first-order valence-corrected chi connectivity index (χ1v) is 14.5. The van der Waals surface area contributed by atoms with E-state index in [2.05, 4.69) is 33.9 Å². The minimum absolute atomic E-state index is 0.0134. The van der Waals surface area contributed by atoms with Crippen LogP contribution in [0.4, 0.5) is 0 Å². The van der Waals surface area contributed by atoms with E-state index in [1.807, 2.05) is 43.3 Å². The van der Waals surface area contributed by atoms with E-state index in [4.69, 9.17) is 13.9 Å². The summed E-state index contributed by atoms with van der Waals surface area (Å²) in [6.45, 7) is 17.3. The summed E-state index contributed by atoms with van der Waals surface area (Å²) in [7, 11) is -1.89. The Bertz CT molecular complexity index is 707. The minimum Gasteiger partial charge on any atom is -0.462 e. The number of rotatable bonds is 13. The van der Waals surface area contributed by atoms with Gasteiger partial charge in [0.2, 0.25) is 0 Å². The summed E-state index contributed by atoms with van der Waals surface area (Å²) in [5.74, 6) is -0.302. The van der Waals surface area contributed by atoms with E-state index in [-0.39, 0.29) is 23.2 Å². The first-order valence-electron chi connectivity index (χ1n) is 11.6. The lowest BCUT2D eigenvalue weighted by Crippen LogP contribution is -2.44. The number of esters is 1. The molecule has 1 rings (SSSR count). The zero-order valence-corrected chi connectivity index (χ0v) is 22.3. The van der Waals surface area contributed by atoms with E-state index in [9.17, 15) is 9.90 Å². The molecule has 0 radical (unpaired) electrons. The lowest BCUT2D eigenvalue weighted by atomic mass is 10.0. The van der Waals surface area contributed by atoms with Crippen molar-refractivity contribution in [1.82, 2.24) is 0 Å². The largest absolute Gasteiger partial charge is 0.462 e. The topological polar surface area (TPSA) is 65.0 Å². The quantitative estimate of drug-likeness (QED) is 0.167. The Balaban J connectivity index is 2.54. The molecule has 182 valence electrons. The maximum atomic E-state index is 11.6. The van der Waals surface area contributed by atoms with E-state index in [1.54, 1.807) is 13.0 Å². The van der Waals surface area contributed by atoms with E-state index < -0.39 is 13.9 Å². The summed E-state index contributed by atoms with van der Waals surface area (Å²) >= 11 is 0. The number of hydrogen-bond donors (Lipinski definition) is 1. The number of aliphatic hydroxyl groups is 1. The molecule has 0 aliphatic carbocycles. The minimum atomic E-state index is -1.89. The molecular weight excluding hydrogens is 420 g/mol. The molecule has 0 bridgehead atoms. The molecule has 0 fully saturated rings. The second-order valence-corrected chi connectivity index (χ2v) is 15.2. The average molecular weight is 465 g/mol. The second kappa shape index (κ2) is 12.7. The van der Waals surface area contributed by atoms with E-state index >= 15 is 0 Å². The Labute approximate surface area is 196 Å². The molecule has 3 atom stereocenters. The van der Waals surface area contributed by atoms with Gasteiger partial charge in [-0.3, -0.25) is 4.79 Å². The van der Waals surface area contributed by atoms with Crippen LogP contribution in [0.1, 0.15) is 66.4 Å². The second-order valence-electron chi connectivity index (χ2n) is 10.4. The monoisotopic (exact) mass is 464 g/mol. The van der Waals surface area contributed by atoms with Crippen molar-refractivity contribution in [2.45, 2.75) is 103 Å². The van der Waals surface area contributed by atoms with Gasteiger partial charge in [0.05, 0.1) is 18.8 Å². The van der Waals surface area contributed by atoms with Crippen LogP contribution < -0.4 is 0 Å². The Kier molecular flexibility index (Phi) is 11.3. The molecule has 0 heterocycles. The van der Waals surface area contributed by atoms with Gasteiger partial charge >= 0.3 is 5.97 Å². The van der Waals surface area contributed by atoms with Crippen molar-refractivity contribution in [2.24, 2.45) is 0 Å². The van der Waals surface area contributed by atoms with Gasteiger partial charge < -0.3 is 19.0 Å². The molecule has 0 unspecified atom stereocenters. The van der Waals surface area contributed by atoms with E-state index in [0.717, 1.165) is 5.56 Å². The number of carbonyl (C=O) groups excluding carboxylic acids is 1. The van der Waals surface area contributed by atoms with Crippen molar-refractivity contribution < 1.29 is 23.8 Å². The molecule has 6 heteroatoms. The van der Waals surface area contributed by atoms with Crippen molar-refractivity contribution in [1.29, 1.82) is 0 Å². The molecule has 0 amide bonds.